The van der Waals surface area contributed by atoms with Gasteiger partial charge in [0.1, 0.15) is 6.26 Å². The van der Waals surface area contributed by atoms with Crippen LogP contribution in [0.25, 0.3) is 0 Å². The highest BCUT2D eigenvalue weighted by Crippen LogP contribution is 1.89. The molecule has 0 amide bonds. The van der Waals surface area contributed by atoms with Gasteiger partial charge in [0.15, 0.2) is 0 Å². The van der Waals surface area contributed by atoms with E-state index in [1.165, 1.54) is 13.2 Å². The molecule has 1 atom stereocenters. The van der Waals surface area contributed by atoms with E-state index in [4.69, 9.17) is 4.74 Å². The van der Waals surface area contributed by atoms with Gasteiger partial charge in [-0.15, -0.1) is 0 Å². The summed E-state index contributed by atoms with van der Waals surface area (Å²) in [4.78, 5) is 3.15. The van der Waals surface area contributed by atoms with Gasteiger partial charge in [-0.2, -0.15) is 0 Å². The summed E-state index contributed by atoms with van der Waals surface area (Å²) in [6, 6.07) is 0. The molecular weight excluding hydrogens is 111 g/mol. The van der Waals surface area contributed by atoms with Crippen LogP contribution in [0.3, 0.4) is 0 Å². The maximum Gasteiger partial charge on any atom is 0.134 e. The van der Waals surface area contributed by atoms with Crippen LogP contribution in [0, 0.1) is 0 Å². The summed E-state index contributed by atoms with van der Waals surface area (Å²) >= 11 is 0. The van der Waals surface area contributed by atoms with Gasteiger partial charge in [-0.1, -0.05) is 0 Å². The zero-order valence-electron chi connectivity index (χ0n) is 4.93. The van der Waals surface area contributed by atoms with Crippen molar-refractivity contribution in [2.45, 2.75) is 13.0 Å². The molecule has 0 saturated carbocycles. The number of hydrogen-bond donors (Lipinski definition) is 0. The van der Waals surface area contributed by atoms with Crippen molar-refractivity contribution in [2.24, 2.45) is 0 Å². The number of methoxy groups -OCH3 is 1. The van der Waals surface area contributed by atoms with Crippen LogP contribution >= 0.6 is 0 Å². The molecule has 0 N–H and O–H groups in total. The highest BCUT2D eigenvalue weighted by atomic mass is 19.3. The Balaban J connectivity index is 3.21. The van der Waals surface area contributed by atoms with Crippen LogP contribution in [0.5, 0.6) is 0 Å². The number of ether oxygens (including phenoxy) is 1. The summed E-state index contributed by atoms with van der Waals surface area (Å²) in [5.74, 6) is 0. The third kappa shape index (κ3) is 3.61. The molecule has 0 spiro atoms. The molecule has 0 bridgehead atoms. The molecule has 8 heavy (non-hydrogen) atoms. The van der Waals surface area contributed by atoms with Crippen molar-refractivity contribution in [1.82, 2.24) is 0 Å². The van der Waals surface area contributed by atoms with Gasteiger partial charge in [-0.05, 0) is 13.0 Å². The molecule has 0 heterocycles. The second-order valence-electron chi connectivity index (χ2n) is 1.36. The van der Waals surface area contributed by atoms with Crippen LogP contribution in [-0.4, -0.2) is 13.2 Å². The van der Waals surface area contributed by atoms with Crippen molar-refractivity contribution in [1.29, 1.82) is 0 Å². The first-order chi connectivity index (χ1) is 3.81. The van der Waals surface area contributed by atoms with Gasteiger partial charge in [0, 0.05) is 11.6 Å². The zero-order valence-corrected chi connectivity index (χ0v) is 4.93. The van der Waals surface area contributed by atoms with E-state index in [0.717, 1.165) is 6.26 Å². The van der Waals surface area contributed by atoms with Gasteiger partial charge in [-0.25, -0.2) is 0 Å². The van der Waals surface area contributed by atoms with Crippen molar-refractivity contribution in [3.63, 3.8) is 0 Å². The summed E-state index contributed by atoms with van der Waals surface area (Å²) in [6.07, 6.45) is 2.31. The first-order valence-electron chi connectivity index (χ1n) is 2.28. The van der Waals surface area contributed by atoms with Crippen LogP contribution in [0.2, 0.25) is 0 Å². The lowest BCUT2D eigenvalue weighted by molar-refractivity contribution is -0.0632. The molecule has 0 aliphatic heterocycles. The SMILES string of the molecule is COC(C)C=COF. The van der Waals surface area contributed by atoms with Gasteiger partial charge in [0.05, 0.1) is 6.10 Å². The molecule has 0 aliphatic carbocycles. The van der Waals surface area contributed by atoms with Crippen molar-refractivity contribution in [3.8, 4) is 0 Å². The lowest BCUT2D eigenvalue weighted by Crippen LogP contribution is -1.98. The molecule has 0 aromatic carbocycles. The minimum atomic E-state index is -0.0919. The van der Waals surface area contributed by atoms with Gasteiger partial charge in [-0.3, -0.25) is 0 Å². The maximum atomic E-state index is 10.8. The van der Waals surface area contributed by atoms with Crippen LogP contribution < -0.4 is 0 Å². The summed E-state index contributed by atoms with van der Waals surface area (Å²) in [5, 5.41) is 0. The molecule has 3 heteroatoms. The van der Waals surface area contributed by atoms with Crippen LogP contribution in [-0.2, 0) is 9.68 Å². The number of rotatable bonds is 3. The lowest BCUT2D eigenvalue weighted by atomic mass is 10.4. The highest BCUT2D eigenvalue weighted by molar-refractivity contribution is 4.79. The monoisotopic (exact) mass is 120 g/mol. The topological polar surface area (TPSA) is 18.5 Å². The second kappa shape index (κ2) is 4.59. The Hall–Kier alpha value is -0.570. The van der Waals surface area contributed by atoms with E-state index >= 15 is 0 Å². The summed E-state index contributed by atoms with van der Waals surface area (Å²) < 4.78 is 15.6. The molecular formula is C5H9FO2. The molecule has 0 rings (SSSR count). The summed E-state index contributed by atoms with van der Waals surface area (Å²) in [6.45, 7) is 1.77. The first-order valence-corrected chi connectivity index (χ1v) is 2.28. The third-order valence-corrected chi connectivity index (χ3v) is 0.773. The second-order valence-corrected chi connectivity index (χ2v) is 1.36. The van der Waals surface area contributed by atoms with E-state index < -0.39 is 0 Å². The number of halogens is 1. The fourth-order valence-corrected chi connectivity index (χ4v) is 0.219. The fraction of sp³-hybridized carbons (Fsp3) is 0.600. The quantitative estimate of drug-likeness (QED) is 0.524. The van der Waals surface area contributed by atoms with Crippen molar-refractivity contribution in [3.05, 3.63) is 12.3 Å². The van der Waals surface area contributed by atoms with Crippen LogP contribution in [0.4, 0.5) is 4.53 Å². The zero-order chi connectivity index (χ0) is 6.41. The number of hydrogen-bond acceptors (Lipinski definition) is 2. The van der Waals surface area contributed by atoms with E-state index in [1.54, 1.807) is 6.92 Å². The predicted octanol–water partition coefficient (Wildman–Crippen LogP) is 1.44. The molecule has 0 radical (unpaired) electrons. The smallest absolute Gasteiger partial charge is 0.134 e. The van der Waals surface area contributed by atoms with Crippen molar-refractivity contribution in [2.75, 3.05) is 7.11 Å². The average Bonchev–Trinajstić information content (AvgIpc) is 1.83. The normalized spacial score (nSPS) is 14.4. The third-order valence-electron chi connectivity index (χ3n) is 0.773. The molecule has 1 unspecified atom stereocenters. The molecule has 0 aromatic heterocycles. The molecule has 0 fully saturated rings. The Morgan fingerprint density at radius 3 is 2.62 bits per heavy atom. The van der Waals surface area contributed by atoms with Gasteiger partial charge in [0.2, 0.25) is 0 Å². The molecule has 0 aromatic rings. The van der Waals surface area contributed by atoms with E-state index in [-0.39, 0.29) is 6.10 Å². The summed E-state index contributed by atoms with van der Waals surface area (Å²) in [5.41, 5.74) is 0. The summed E-state index contributed by atoms with van der Waals surface area (Å²) in [7, 11) is 1.53. The Bertz CT molecular complexity index is 72.8. The Kier molecular flexibility index (Phi) is 4.26. The van der Waals surface area contributed by atoms with Gasteiger partial charge < -0.3 is 9.68 Å². The van der Waals surface area contributed by atoms with Crippen molar-refractivity contribution >= 4 is 0 Å². The van der Waals surface area contributed by atoms with Crippen LogP contribution in [0.15, 0.2) is 12.3 Å². The highest BCUT2D eigenvalue weighted by Gasteiger charge is 1.88. The van der Waals surface area contributed by atoms with Crippen LogP contribution in [0.1, 0.15) is 6.92 Å². The Labute approximate surface area is 47.8 Å². The standard InChI is InChI=1S/C5H9FO2/c1-5(7-2)3-4-8-6/h3-5H,1-2H3. The lowest BCUT2D eigenvalue weighted by Gasteiger charge is -1.98. The molecule has 0 aliphatic rings. The fourth-order valence-electron chi connectivity index (χ4n) is 0.219. The Morgan fingerprint density at radius 1 is 1.62 bits per heavy atom. The average molecular weight is 120 g/mol. The van der Waals surface area contributed by atoms with Gasteiger partial charge >= 0.3 is 0 Å². The largest absolute Gasteiger partial charge is 0.378 e. The van der Waals surface area contributed by atoms with E-state index in [0.29, 0.717) is 0 Å². The maximum absolute atomic E-state index is 10.8. The molecule has 0 saturated heterocycles. The minimum Gasteiger partial charge on any atom is -0.378 e. The molecule has 2 nitrogen and oxygen atoms in total. The minimum absolute atomic E-state index is 0.0919. The van der Waals surface area contributed by atoms with Gasteiger partial charge in [0.25, 0.3) is 0 Å². The predicted molar refractivity (Wildman–Crippen MR) is 27.8 cm³/mol. The molecule has 48 valence electrons. The van der Waals surface area contributed by atoms with E-state index in [2.05, 4.69) is 4.94 Å². The van der Waals surface area contributed by atoms with Crippen molar-refractivity contribution < 1.29 is 14.2 Å². The van der Waals surface area contributed by atoms with E-state index in [9.17, 15) is 4.53 Å². The first kappa shape index (κ1) is 7.43. The van der Waals surface area contributed by atoms with E-state index in [1.807, 2.05) is 0 Å². The Morgan fingerprint density at radius 2 is 2.25 bits per heavy atom.